The van der Waals surface area contributed by atoms with Gasteiger partial charge in [-0.05, 0) is 31.0 Å². The van der Waals surface area contributed by atoms with E-state index in [2.05, 4.69) is 5.32 Å². The molecule has 6 heteroatoms. The molecular weight excluding hydrogens is 306 g/mol. The van der Waals surface area contributed by atoms with Gasteiger partial charge >= 0.3 is 0 Å². The molecule has 1 aliphatic rings. The van der Waals surface area contributed by atoms with Crippen molar-refractivity contribution < 1.29 is 14.3 Å². The van der Waals surface area contributed by atoms with Gasteiger partial charge in [-0.25, -0.2) is 0 Å². The second kappa shape index (κ2) is 8.26. The normalized spacial score (nSPS) is 15.2. The molecule has 1 aromatic carbocycles. The van der Waals surface area contributed by atoms with Crippen molar-refractivity contribution in [3.8, 4) is 0 Å². The molecule has 1 aromatic rings. The van der Waals surface area contributed by atoms with Crippen LogP contribution in [0.5, 0.6) is 0 Å². The highest BCUT2D eigenvalue weighted by Gasteiger charge is 2.33. The van der Waals surface area contributed by atoms with Gasteiger partial charge in [0.15, 0.2) is 0 Å². The van der Waals surface area contributed by atoms with Crippen LogP contribution in [-0.4, -0.2) is 49.6 Å². The zero-order valence-electron chi connectivity index (χ0n) is 14.5. The number of nitrogens with one attached hydrogen (secondary N) is 1. The fourth-order valence-corrected chi connectivity index (χ4v) is 2.90. The molecule has 1 fully saturated rings. The molecule has 1 heterocycles. The number of ether oxygens (including phenoxy) is 1. The SMILES string of the molecule is CCC(CC)(CN)C(=O)Nc1cccc(C(=O)N2CCOCC2)c1. The topological polar surface area (TPSA) is 84.7 Å². The van der Waals surface area contributed by atoms with Crippen LogP contribution in [0.4, 0.5) is 5.69 Å². The maximum Gasteiger partial charge on any atom is 0.254 e. The van der Waals surface area contributed by atoms with Gasteiger partial charge in [0.2, 0.25) is 5.91 Å². The highest BCUT2D eigenvalue weighted by molar-refractivity contribution is 5.98. The zero-order valence-corrected chi connectivity index (χ0v) is 14.5. The Hall–Kier alpha value is -1.92. The summed E-state index contributed by atoms with van der Waals surface area (Å²) in [7, 11) is 0. The molecular formula is C18H27N3O3. The summed E-state index contributed by atoms with van der Waals surface area (Å²) in [5.74, 6) is -0.128. The van der Waals surface area contributed by atoms with Crippen LogP contribution >= 0.6 is 0 Å². The van der Waals surface area contributed by atoms with E-state index in [1.807, 2.05) is 13.8 Å². The Bertz CT molecular complexity index is 570. The number of carbonyl (C=O) groups is 2. The van der Waals surface area contributed by atoms with Crippen molar-refractivity contribution in [3.63, 3.8) is 0 Å². The quantitative estimate of drug-likeness (QED) is 0.832. The van der Waals surface area contributed by atoms with E-state index in [1.165, 1.54) is 0 Å². The Kier molecular flexibility index (Phi) is 6.34. The molecule has 1 aliphatic heterocycles. The minimum absolute atomic E-state index is 0.0366. The molecule has 24 heavy (non-hydrogen) atoms. The van der Waals surface area contributed by atoms with Crippen LogP contribution in [0.3, 0.4) is 0 Å². The average molecular weight is 333 g/mol. The Morgan fingerprint density at radius 3 is 2.50 bits per heavy atom. The Labute approximate surface area is 143 Å². The predicted octanol–water partition coefficient (Wildman–Crippen LogP) is 1.86. The lowest BCUT2D eigenvalue weighted by Gasteiger charge is -2.29. The lowest BCUT2D eigenvalue weighted by Crippen LogP contribution is -2.41. The molecule has 0 unspecified atom stereocenters. The zero-order chi connectivity index (χ0) is 17.6. The van der Waals surface area contributed by atoms with E-state index in [0.717, 1.165) is 0 Å². The molecule has 2 amide bonds. The van der Waals surface area contributed by atoms with Crippen LogP contribution < -0.4 is 11.1 Å². The summed E-state index contributed by atoms with van der Waals surface area (Å²) in [6.45, 7) is 6.55. The lowest BCUT2D eigenvalue weighted by atomic mass is 9.81. The highest BCUT2D eigenvalue weighted by Crippen LogP contribution is 2.27. The van der Waals surface area contributed by atoms with E-state index in [1.54, 1.807) is 29.2 Å². The first-order chi connectivity index (χ1) is 11.6. The third-order valence-corrected chi connectivity index (χ3v) is 4.89. The van der Waals surface area contributed by atoms with E-state index in [-0.39, 0.29) is 11.8 Å². The summed E-state index contributed by atoms with van der Waals surface area (Å²) < 4.78 is 5.27. The summed E-state index contributed by atoms with van der Waals surface area (Å²) >= 11 is 0. The average Bonchev–Trinajstić information content (AvgIpc) is 2.64. The summed E-state index contributed by atoms with van der Waals surface area (Å²) in [4.78, 5) is 26.9. The van der Waals surface area contributed by atoms with Crippen molar-refractivity contribution >= 4 is 17.5 Å². The van der Waals surface area contributed by atoms with Gasteiger partial charge in [-0.3, -0.25) is 9.59 Å². The number of amides is 2. The van der Waals surface area contributed by atoms with Crippen molar-refractivity contribution in [2.75, 3.05) is 38.2 Å². The molecule has 0 aromatic heterocycles. The van der Waals surface area contributed by atoms with Crippen LogP contribution in [0.25, 0.3) is 0 Å². The van der Waals surface area contributed by atoms with Crippen molar-refractivity contribution in [1.29, 1.82) is 0 Å². The van der Waals surface area contributed by atoms with Crippen molar-refractivity contribution in [3.05, 3.63) is 29.8 Å². The smallest absolute Gasteiger partial charge is 0.254 e. The van der Waals surface area contributed by atoms with Gasteiger partial charge in [0.05, 0.1) is 18.6 Å². The molecule has 0 saturated carbocycles. The first-order valence-electron chi connectivity index (χ1n) is 8.55. The Balaban J connectivity index is 2.12. The Morgan fingerprint density at radius 2 is 1.92 bits per heavy atom. The molecule has 0 bridgehead atoms. The fraction of sp³-hybridized carbons (Fsp3) is 0.556. The Morgan fingerprint density at radius 1 is 1.25 bits per heavy atom. The molecule has 0 radical (unpaired) electrons. The summed E-state index contributed by atoms with van der Waals surface area (Å²) in [5.41, 5.74) is 6.45. The van der Waals surface area contributed by atoms with Crippen molar-refractivity contribution in [2.45, 2.75) is 26.7 Å². The second-order valence-corrected chi connectivity index (χ2v) is 6.13. The number of carbonyl (C=O) groups excluding carboxylic acids is 2. The second-order valence-electron chi connectivity index (χ2n) is 6.13. The predicted molar refractivity (Wildman–Crippen MR) is 93.9 cm³/mol. The maximum absolute atomic E-state index is 12.6. The minimum atomic E-state index is -0.565. The van der Waals surface area contributed by atoms with Gasteiger partial charge in [-0.15, -0.1) is 0 Å². The van der Waals surface area contributed by atoms with Gasteiger partial charge < -0.3 is 20.7 Å². The van der Waals surface area contributed by atoms with Crippen molar-refractivity contribution in [1.82, 2.24) is 4.90 Å². The molecule has 3 N–H and O–H groups in total. The lowest BCUT2D eigenvalue weighted by molar-refractivity contribution is -0.125. The summed E-state index contributed by atoms with van der Waals surface area (Å²) in [5, 5.41) is 2.92. The molecule has 132 valence electrons. The molecule has 0 aliphatic carbocycles. The molecule has 6 nitrogen and oxygen atoms in total. The van der Waals surface area contributed by atoms with E-state index in [9.17, 15) is 9.59 Å². The van der Waals surface area contributed by atoms with Gasteiger partial charge in [-0.1, -0.05) is 19.9 Å². The fourth-order valence-electron chi connectivity index (χ4n) is 2.90. The highest BCUT2D eigenvalue weighted by atomic mass is 16.5. The number of rotatable bonds is 6. The number of nitrogens with two attached hydrogens (primary N) is 1. The van der Waals surface area contributed by atoms with E-state index >= 15 is 0 Å². The minimum Gasteiger partial charge on any atom is -0.378 e. The van der Waals surface area contributed by atoms with Crippen LogP contribution in [-0.2, 0) is 9.53 Å². The van der Waals surface area contributed by atoms with E-state index < -0.39 is 5.41 Å². The summed E-state index contributed by atoms with van der Waals surface area (Å²) in [6, 6.07) is 7.07. The number of hydrogen-bond donors (Lipinski definition) is 2. The third kappa shape index (κ3) is 3.94. The van der Waals surface area contributed by atoms with Gasteiger partial charge in [0.25, 0.3) is 5.91 Å². The number of anilines is 1. The summed E-state index contributed by atoms with van der Waals surface area (Å²) in [6.07, 6.45) is 1.36. The number of morpholine rings is 1. The first-order valence-corrected chi connectivity index (χ1v) is 8.55. The van der Waals surface area contributed by atoms with Gasteiger partial charge in [0, 0.05) is 30.9 Å². The largest absolute Gasteiger partial charge is 0.378 e. The number of hydrogen-bond acceptors (Lipinski definition) is 4. The molecule has 0 atom stereocenters. The molecule has 1 saturated heterocycles. The number of nitrogens with zero attached hydrogens (tertiary/aromatic N) is 1. The van der Waals surface area contributed by atoms with Gasteiger partial charge in [-0.2, -0.15) is 0 Å². The third-order valence-electron chi connectivity index (χ3n) is 4.89. The number of benzene rings is 1. The maximum atomic E-state index is 12.6. The monoisotopic (exact) mass is 333 g/mol. The van der Waals surface area contributed by atoms with Crippen LogP contribution in [0.1, 0.15) is 37.0 Å². The van der Waals surface area contributed by atoms with Crippen LogP contribution in [0.15, 0.2) is 24.3 Å². The van der Waals surface area contributed by atoms with Crippen LogP contribution in [0.2, 0.25) is 0 Å². The molecule has 2 rings (SSSR count). The standard InChI is InChI=1S/C18H27N3O3/c1-3-18(4-2,13-19)17(23)20-15-7-5-6-14(12-15)16(22)21-8-10-24-11-9-21/h5-7,12H,3-4,8-11,13,19H2,1-2H3,(H,20,23). The van der Waals surface area contributed by atoms with Crippen LogP contribution in [0, 0.1) is 5.41 Å². The first kappa shape index (κ1) is 18.4. The molecule has 0 spiro atoms. The van der Waals surface area contributed by atoms with Crippen molar-refractivity contribution in [2.24, 2.45) is 11.1 Å². The van der Waals surface area contributed by atoms with E-state index in [0.29, 0.717) is 56.9 Å². The van der Waals surface area contributed by atoms with Gasteiger partial charge in [0.1, 0.15) is 0 Å². The van der Waals surface area contributed by atoms with E-state index in [4.69, 9.17) is 10.5 Å².